The van der Waals surface area contributed by atoms with E-state index in [1.54, 1.807) is 18.3 Å². The molecule has 0 saturated carbocycles. The van der Waals surface area contributed by atoms with Crippen LogP contribution in [0.1, 0.15) is 52.1 Å². The number of benzene rings is 1. The number of carbonyl (C=O) groups excluding carboxylic acids is 2. The first-order valence-corrected chi connectivity index (χ1v) is 10.7. The Balaban J connectivity index is 1.30. The Hall–Kier alpha value is -2.73. The summed E-state index contributed by atoms with van der Waals surface area (Å²) in [7, 11) is 0. The molecular formula is C24H29N3O3. The monoisotopic (exact) mass is 407 g/mol. The van der Waals surface area contributed by atoms with Gasteiger partial charge < -0.3 is 15.0 Å². The van der Waals surface area contributed by atoms with Gasteiger partial charge in [0.2, 0.25) is 0 Å². The fraction of sp³-hybridized carbons (Fsp3) is 0.458. The van der Waals surface area contributed by atoms with Gasteiger partial charge in [-0.2, -0.15) is 0 Å². The normalized spacial score (nSPS) is 20.7. The quantitative estimate of drug-likeness (QED) is 0.845. The largest absolute Gasteiger partial charge is 0.375 e. The molecule has 4 rings (SSSR count). The lowest BCUT2D eigenvalue weighted by atomic mass is 9.79. The van der Waals surface area contributed by atoms with Crippen molar-refractivity contribution in [2.45, 2.75) is 38.2 Å². The van der Waals surface area contributed by atoms with E-state index in [1.807, 2.05) is 42.2 Å². The highest BCUT2D eigenvalue weighted by molar-refractivity contribution is 5.94. The van der Waals surface area contributed by atoms with Crippen LogP contribution in [0.25, 0.3) is 0 Å². The maximum absolute atomic E-state index is 12.8. The van der Waals surface area contributed by atoms with Gasteiger partial charge in [-0.3, -0.25) is 14.6 Å². The Morgan fingerprint density at radius 1 is 1.20 bits per heavy atom. The van der Waals surface area contributed by atoms with Crippen LogP contribution in [-0.4, -0.2) is 53.5 Å². The SMILES string of the molecule is Cc1cccc(C(=O)N2CCC3(CC2)CC(CNC(=O)c2ccccn2)CCO3)c1. The molecule has 1 aromatic carbocycles. The van der Waals surface area contributed by atoms with Gasteiger partial charge in [-0.05, 0) is 62.8 Å². The third-order valence-corrected chi connectivity index (χ3v) is 6.27. The second-order valence-corrected chi connectivity index (χ2v) is 8.48. The number of hydrogen-bond acceptors (Lipinski definition) is 4. The zero-order valence-electron chi connectivity index (χ0n) is 17.5. The summed E-state index contributed by atoms with van der Waals surface area (Å²) in [6.07, 6.45) is 5.17. The fourth-order valence-electron chi connectivity index (χ4n) is 4.55. The molecule has 1 atom stereocenters. The molecule has 2 fully saturated rings. The molecule has 6 nitrogen and oxygen atoms in total. The number of pyridine rings is 1. The number of nitrogens with one attached hydrogen (secondary N) is 1. The first-order chi connectivity index (χ1) is 14.5. The molecule has 2 aliphatic rings. The van der Waals surface area contributed by atoms with Crippen LogP contribution in [0.15, 0.2) is 48.7 Å². The van der Waals surface area contributed by atoms with E-state index < -0.39 is 0 Å². The van der Waals surface area contributed by atoms with Crippen LogP contribution in [0.2, 0.25) is 0 Å². The molecule has 1 N–H and O–H groups in total. The summed E-state index contributed by atoms with van der Waals surface area (Å²) >= 11 is 0. The molecule has 1 spiro atoms. The second-order valence-electron chi connectivity index (χ2n) is 8.48. The van der Waals surface area contributed by atoms with E-state index in [2.05, 4.69) is 10.3 Å². The summed E-state index contributed by atoms with van der Waals surface area (Å²) in [5.74, 6) is 0.351. The van der Waals surface area contributed by atoms with Gasteiger partial charge in [0.25, 0.3) is 11.8 Å². The number of aryl methyl sites for hydroxylation is 1. The molecule has 1 unspecified atom stereocenters. The number of hydrogen-bond donors (Lipinski definition) is 1. The average molecular weight is 408 g/mol. The minimum Gasteiger partial charge on any atom is -0.375 e. The van der Waals surface area contributed by atoms with Crippen molar-refractivity contribution >= 4 is 11.8 Å². The van der Waals surface area contributed by atoms with Crippen molar-refractivity contribution in [3.05, 3.63) is 65.5 Å². The lowest BCUT2D eigenvalue weighted by Gasteiger charge is -2.46. The first kappa shape index (κ1) is 20.5. The molecule has 2 aromatic rings. The predicted octanol–water partition coefficient (Wildman–Crippen LogP) is 3.22. The van der Waals surface area contributed by atoms with E-state index in [4.69, 9.17) is 4.74 Å². The van der Waals surface area contributed by atoms with E-state index in [0.29, 0.717) is 37.9 Å². The molecule has 2 saturated heterocycles. The maximum atomic E-state index is 12.8. The maximum Gasteiger partial charge on any atom is 0.269 e. The number of ether oxygens (including phenoxy) is 1. The van der Waals surface area contributed by atoms with Crippen LogP contribution in [-0.2, 0) is 4.74 Å². The molecular weight excluding hydrogens is 378 g/mol. The fourth-order valence-corrected chi connectivity index (χ4v) is 4.55. The number of likely N-dealkylation sites (tertiary alicyclic amines) is 1. The van der Waals surface area contributed by atoms with Crippen molar-refractivity contribution < 1.29 is 14.3 Å². The van der Waals surface area contributed by atoms with Gasteiger partial charge in [-0.25, -0.2) is 0 Å². The van der Waals surface area contributed by atoms with E-state index >= 15 is 0 Å². The van der Waals surface area contributed by atoms with Crippen LogP contribution >= 0.6 is 0 Å². The summed E-state index contributed by atoms with van der Waals surface area (Å²) in [6, 6.07) is 13.1. The molecule has 158 valence electrons. The standard InChI is InChI=1S/C24H29N3O3/c1-18-5-4-6-20(15-18)23(29)27-12-9-24(10-13-27)16-19(8-14-30-24)17-26-22(28)21-7-2-3-11-25-21/h2-7,11,15,19H,8-10,12-14,16-17H2,1H3,(H,26,28). The predicted molar refractivity (Wildman–Crippen MR) is 114 cm³/mol. The third kappa shape index (κ3) is 4.70. The molecule has 0 aliphatic carbocycles. The molecule has 1 aromatic heterocycles. The van der Waals surface area contributed by atoms with Gasteiger partial charge in [-0.15, -0.1) is 0 Å². The van der Waals surface area contributed by atoms with Crippen LogP contribution in [0.3, 0.4) is 0 Å². The van der Waals surface area contributed by atoms with Gasteiger partial charge in [0.05, 0.1) is 5.60 Å². The Kier molecular flexibility index (Phi) is 6.13. The molecule has 2 aliphatic heterocycles. The van der Waals surface area contributed by atoms with Gasteiger partial charge in [0.15, 0.2) is 0 Å². The zero-order chi connectivity index (χ0) is 21.0. The molecule has 2 amide bonds. The molecule has 3 heterocycles. The average Bonchev–Trinajstić information content (AvgIpc) is 2.78. The van der Waals surface area contributed by atoms with Crippen molar-refractivity contribution in [3.63, 3.8) is 0 Å². The van der Waals surface area contributed by atoms with Gasteiger partial charge in [0, 0.05) is 38.0 Å². The number of nitrogens with zero attached hydrogens (tertiary/aromatic N) is 2. The lowest BCUT2D eigenvalue weighted by Crippen LogP contribution is -2.51. The van der Waals surface area contributed by atoms with Crippen molar-refractivity contribution in [3.8, 4) is 0 Å². The Labute approximate surface area is 177 Å². The number of carbonyl (C=O) groups is 2. The van der Waals surface area contributed by atoms with Crippen molar-refractivity contribution in [1.82, 2.24) is 15.2 Å². The summed E-state index contributed by atoms with van der Waals surface area (Å²) in [6.45, 7) is 4.76. The molecule has 0 radical (unpaired) electrons. The summed E-state index contributed by atoms with van der Waals surface area (Å²) in [5, 5.41) is 3.02. The highest BCUT2D eigenvalue weighted by Gasteiger charge is 2.41. The van der Waals surface area contributed by atoms with Crippen LogP contribution in [0.4, 0.5) is 0 Å². The van der Waals surface area contributed by atoms with Crippen molar-refractivity contribution in [1.29, 1.82) is 0 Å². The van der Waals surface area contributed by atoms with Crippen LogP contribution < -0.4 is 5.32 Å². The summed E-state index contributed by atoms with van der Waals surface area (Å²) in [4.78, 5) is 31.2. The number of amides is 2. The third-order valence-electron chi connectivity index (χ3n) is 6.27. The molecule has 0 bridgehead atoms. The Bertz CT molecular complexity index is 892. The number of piperidine rings is 1. The van der Waals surface area contributed by atoms with Crippen molar-refractivity contribution in [2.24, 2.45) is 5.92 Å². The topological polar surface area (TPSA) is 71.5 Å². The highest BCUT2D eigenvalue weighted by Crippen LogP contribution is 2.37. The highest BCUT2D eigenvalue weighted by atomic mass is 16.5. The zero-order valence-corrected chi connectivity index (χ0v) is 17.5. The Morgan fingerprint density at radius 2 is 2.03 bits per heavy atom. The molecule has 6 heteroatoms. The van der Waals surface area contributed by atoms with E-state index in [1.165, 1.54) is 0 Å². The van der Waals surface area contributed by atoms with E-state index in [-0.39, 0.29) is 17.4 Å². The van der Waals surface area contributed by atoms with E-state index in [9.17, 15) is 9.59 Å². The van der Waals surface area contributed by atoms with Crippen LogP contribution in [0.5, 0.6) is 0 Å². The minimum atomic E-state index is -0.179. The number of aromatic nitrogens is 1. The van der Waals surface area contributed by atoms with Crippen molar-refractivity contribution in [2.75, 3.05) is 26.2 Å². The van der Waals surface area contributed by atoms with Gasteiger partial charge in [0.1, 0.15) is 5.69 Å². The van der Waals surface area contributed by atoms with Crippen LogP contribution in [0, 0.1) is 12.8 Å². The lowest BCUT2D eigenvalue weighted by molar-refractivity contribution is -0.122. The molecule has 30 heavy (non-hydrogen) atoms. The number of rotatable bonds is 4. The minimum absolute atomic E-state index is 0.100. The van der Waals surface area contributed by atoms with Gasteiger partial charge in [-0.1, -0.05) is 23.8 Å². The second kappa shape index (κ2) is 8.96. The Morgan fingerprint density at radius 3 is 2.77 bits per heavy atom. The summed E-state index contributed by atoms with van der Waals surface area (Å²) < 4.78 is 6.22. The smallest absolute Gasteiger partial charge is 0.269 e. The van der Waals surface area contributed by atoms with E-state index in [0.717, 1.165) is 36.8 Å². The van der Waals surface area contributed by atoms with Gasteiger partial charge >= 0.3 is 0 Å². The summed E-state index contributed by atoms with van der Waals surface area (Å²) in [5.41, 5.74) is 2.12. The first-order valence-electron chi connectivity index (χ1n) is 10.7.